The summed E-state index contributed by atoms with van der Waals surface area (Å²) in [5.41, 5.74) is 1.31. The molecule has 0 spiro atoms. The summed E-state index contributed by atoms with van der Waals surface area (Å²) in [6.45, 7) is 4.83. The van der Waals surface area contributed by atoms with Crippen LogP contribution in [0.1, 0.15) is 34.5 Å². The number of β-amino-alcohol motifs (C(OH)–C–C–N with tert-alkyl or cyclic N) is 1. The van der Waals surface area contributed by atoms with Gasteiger partial charge < -0.3 is 14.7 Å². The number of halogens is 1. The second kappa shape index (κ2) is 7.29. The van der Waals surface area contributed by atoms with E-state index in [2.05, 4.69) is 5.10 Å². The third kappa shape index (κ3) is 3.86. The Kier molecular flexibility index (Phi) is 5.25. The van der Waals surface area contributed by atoms with E-state index in [1.54, 1.807) is 28.9 Å². The lowest BCUT2D eigenvalue weighted by atomic mass is 9.93. The third-order valence-electron chi connectivity index (χ3n) is 4.80. The van der Waals surface area contributed by atoms with E-state index in [9.17, 15) is 9.90 Å². The van der Waals surface area contributed by atoms with Gasteiger partial charge in [0, 0.05) is 24.8 Å². The smallest absolute Gasteiger partial charge is 0.272 e. The Balaban J connectivity index is 1.68. The number of hydrogen-bond acceptors (Lipinski definition) is 4. The highest BCUT2D eigenvalue weighted by Crippen LogP contribution is 2.28. The van der Waals surface area contributed by atoms with Crippen LogP contribution in [0.3, 0.4) is 0 Å². The van der Waals surface area contributed by atoms with Gasteiger partial charge in [0.1, 0.15) is 23.7 Å². The predicted molar refractivity (Wildman–Crippen MR) is 99.7 cm³/mol. The molecule has 1 aromatic heterocycles. The number of benzene rings is 1. The first-order chi connectivity index (χ1) is 12.3. The SMILES string of the molecule is Cc1cc(OCC2(O)CCCN(C(=O)c3ccnn3C)C2)cc(C)c1Cl. The van der Waals surface area contributed by atoms with Crippen LogP contribution in [0.4, 0.5) is 0 Å². The number of nitrogens with zero attached hydrogens (tertiary/aromatic N) is 3. The highest BCUT2D eigenvalue weighted by Gasteiger charge is 2.37. The topological polar surface area (TPSA) is 67.6 Å². The molecule has 7 heteroatoms. The van der Waals surface area contributed by atoms with Gasteiger partial charge in [-0.05, 0) is 56.0 Å². The van der Waals surface area contributed by atoms with Gasteiger partial charge in [-0.1, -0.05) is 11.6 Å². The van der Waals surface area contributed by atoms with Gasteiger partial charge in [0.2, 0.25) is 0 Å². The van der Waals surface area contributed by atoms with Crippen LogP contribution in [0.5, 0.6) is 5.75 Å². The number of aliphatic hydroxyl groups is 1. The molecule has 1 aliphatic heterocycles. The number of rotatable bonds is 4. The van der Waals surface area contributed by atoms with Crippen LogP contribution in [0, 0.1) is 13.8 Å². The van der Waals surface area contributed by atoms with E-state index in [-0.39, 0.29) is 19.1 Å². The highest BCUT2D eigenvalue weighted by atomic mass is 35.5. The fourth-order valence-corrected chi connectivity index (χ4v) is 3.47. The summed E-state index contributed by atoms with van der Waals surface area (Å²) >= 11 is 6.19. The molecule has 1 aromatic carbocycles. The second-order valence-corrected chi connectivity index (χ2v) is 7.43. The van der Waals surface area contributed by atoms with Crippen molar-refractivity contribution in [1.29, 1.82) is 0 Å². The summed E-state index contributed by atoms with van der Waals surface area (Å²) in [5.74, 6) is 0.550. The first-order valence-corrected chi connectivity index (χ1v) is 9.06. The molecule has 1 amide bonds. The Bertz CT molecular complexity index is 797. The molecule has 3 rings (SSSR count). The monoisotopic (exact) mass is 377 g/mol. The standard InChI is InChI=1S/C19H24ClN3O3/c1-13-9-15(10-14(2)17(13)20)26-12-19(25)6-4-8-23(11-19)18(24)16-5-7-21-22(16)3/h5,7,9-10,25H,4,6,8,11-12H2,1-3H3. The fourth-order valence-electron chi connectivity index (χ4n) is 3.36. The van der Waals surface area contributed by atoms with Gasteiger partial charge in [-0.3, -0.25) is 9.48 Å². The van der Waals surface area contributed by atoms with E-state index < -0.39 is 5.60 Å². The summed E-state index contributed by atoms with van der Waals surface area (Å²) in [7, 11) is 1.73. The Morgan fingerprint density at radius 2 is 2.08 bits per heavy atom. The third-order valence-corrected chi connectivity index (χ3v) is 5.40. The Morgan fingerprint density at radius 3 is 2.69 bits per heavy atom. The molecule has 0 aliphatic carbocycles. The normalized spacial score (nSPS) is 20.3. The fraction of sp³-hybridized carbons (Fsp3) is 0.474. The van der Waals surface area contributed by atoms with Crippen LogP contribution in [0.2, 0.25) is 5.02 Å². The van der Waals surface area contributed by atoms with Crippen LogP contribution < -0.4 is 4.74 Å². The molecule has 1 saturated heterocycles. The van der Waals surface area contributed by atoms with E-state index in [4.69, 9.17) is 16.3 Å². The van der Waals surface area contributed by atoms with Crippen molar-refractivity contribution in [3.8, 4) is 5.75 Å². The zero-order valence-electron chi connectivity index (χ0n) is 15.3. The molecule has 26 heavy (non-hydrogen) atoms. The summed E-state index contributed by atoms with van der Waals surface area (Å²) in [6.07, 6.45) is 2.91. The molecule has 1 atom stereocenters. The molecule has 1 unspecified atom stereocenters. The van der Waals surface area contributed by atoms with E-state index in [0.717, 1.165) is 22.6 Å². The number of aryl methyl sites for hydroxylation is 3. The number of amides is 1. The van der Waals surface area contributed by atoms with Gasteiger partial charge in [-0.2, -0.15) is 5.10 Å². The largest absolute Gasteiger partial charge is 0.491 e. The molecule has 6 nitrogen and oxygen atoms in total. The van der Waals surface area contributed by atoms with Crippen LogP contribution >= 0.6 is 11.6 Å². The van der Waals surface area contributed by atoms with E-state index in [1.807, 2.05) is 26.0 Å². The van der Waals surface area contributed by atoms with E-state index in [1.165, 1.54) is 0 Å². The molecule has 2 aromatic rings. The average Bonchev–Trinajstić information content (AvgIpc) is 3.03. The summed E-state index contributed by atoms with van der Waals surface area (Å²) in [5, 5.41) is 15.7. The van der Waals surface area contributed by atoms with Crippen molar-refractivity contribution in [2.45, 2.75) is 32.3 Å². The lowest BCUT2D eigenvalue weighted by Gasteiger charge is -2.38. The molecule has 140 valence electrons. The second-order valence-electron chi connectivity index (χ2n) is 7.05. The number of carbonyl (C=O) groups excluding carboxylic acids is 1. The van der Waals surface area contributed by atoms with Gasteiger partial charge in [-0.25, -0.2) is 0 Å². The minimum absolute atomic E-state index is 0.124. The van der Waals surface area contributed by atoms with Crippen molar-refractivity contribution >= 4 is 17.5 Å². The molecule has 1 fully saturated rings. The van der Waals surface area contributed by atoms with Crippen LogP contribution in [0.15, 0.2) is 24.4 Å². The van der Waals surface area contributed by atoms with Crippen LogP contribution in [-0.2, 0) is 7.05 Å². The number of piperidine rings is 1. The molecular weight excluding hydrogens is 354 g/mol. The van der Waals surface area contributed by atoms with Crippen molar-refractivity contribution in [3.63, 3.8) is 0 Å². The molecule has 0 bridgehead atoms. The number of carbonyl (C=O) groups is 1. The average molecular weight is 378 g/mol. The first kappa shape index (κ1) is 18.7. The number of likely N-dealkylation sites (tertiary alicyclic amines) is 1. The predicted octanol–water partition coefficient (Wildman–Crippen LogP) is 2.74. The molecule has 0 radical (unpaired) electrons. The van der Waals surface area contributed by atoms with E-state index >= 15 is 0 Å². The molecule has 1 aliphatic rings. The zero-order valence-corrected chi connectivity index (χ0v) is 16.1. The van der Waals surface area contributed by atoms with Gasteiger partial charge >= 0.3 is 0 Å². The molecule has 1 N–H and O–H groups in total. The van der Waals surface area contributed by atoms with Gasteiger partial charge in [0.05, 0.1) is 6.54 Å². The minimum atomic E-state index is -1.08. The zero-order chi connectivity index (χ0) is 18.9. The summed E-state index contributed by atoms with van der Waals surface area (Å²) in [4.78, 5) is 14.3. The first-order valence-electron chi connectivity index (χ1n) is 8.68. The van der Waals surface area contributed by atoms with Crippen molar-refractivity contribution in [2.24, 2.45) is 7.05 Å². The van der Waals surface area contributed by atoms with Gasteiger partial charge in [0.25, 0.3) is 5.91 Å². The Hall–Kier alpha value is -2.05. The summed E-state index contributed by atoms with van der Waals surface area (Å²) in [6, 6.07) is 5.41. The molecule has 2 heterocycles. The van der Waals surface area contributed by atoms with Crippen LogP contribution in [0.25, 0.3) is 0 Å². The number of ether oxygens (including phenoxy) is 1. The highest BCUT2D eigenvalue weighted by molar-refractivity contribution is 6.32. The lowest BCUT2D eigenvalue weighted by Crippen LogP contribution is -2.53. The Morgan fingerprint density at radius 1 is 1.38 bits per heavy atom. The maximum Gasteiger partial charge on any atom is 0.272 e. The number of aromatic nitrogens is 2. The number of hydrogen-bond donors (Lipinski definition) is 1. The van der Waals surface area contributed by atoms with Crippen molar-refractivity contribution < 1.29 is 14.6 Å². The van der Waals surface area contributed by atoms with Gasteiger partial charge in [0.15, 0.2) is 0 Å². The lowest BCUT2D eigenvalue weighted by molar-refractivity contribution is -0.0534. The maximum atomic E-state index is 12.7. The quantitative estimate of drug-likeness (QED) is 0.889. The van der Waals surface area contributed by atoms with Crippen molar-refractivity contribution in [1.82, 2.24) is 14.7 Å². The Labute approximate surface area is 158 Å². The minimum Gasteiger partial charge on any atom is -0.491 e. The molecule has 0 saturated carbocycles. The van der Waals surface area contributed by atoms with Gasteiger partial charge in [-0.15, -0.1) is 0 Å². The van der Waals surface area contributed by atoms with Crippen molar-refractivity contribution in [3.05, 3.63) is 46.2 Å². The maximum absolute atomic E-state index is 12.7. The summed E-state index contributed by atoms with van der Waals surface area (Å²) < 4.78 is 7.39. The van der Waals surface area contributed by atoms with Crippen LogP contribution in [-0.4, -0.2) is 51.0 Å². The molecular formula is C19H24ClN3O3. The van der Waals surface area contributed by atoms with Crippen molar-refractivity contribution in [2.75, 3.05) is 19.7 Å². The van der Waals surface area contributed by atoms with E-state index in [0.29, 0.717) is 24.4 Å².